The van der Waals surface area contributed by atoms with Crippen molar-refractivity contribution in [3.63, 3.8) is 0 Å². The van der Waals surface area contributed by atoms with Gasteiger partial charge in [0.15, 0.2) is 0 Å². The van der Waals surface area contributed by atoms with Crippen LogP contribution in [0.5, 0.6) is 5.88 Å². The fourth-order valence-corrected chi connectivity index (χ4v) is 2.38. The SMILES string of the molecule is COc1cc(CN2Cc3ccc(F)cc3C2=N)ccn1. The molecule has 20 heavy (non-hydrogen) atoms. The Balaban J connectivity index is 1.82. The molecular weight excluding hydrogens is 257 g/mol. The van der Waals surface area contributed by atoms with Gasteiger partial charge in [-0.25, -0.2) is 9.37 Å². The summed E-state index contributed by atoms with van der Waals surface area (Å²) in [5.74, 6) is 0.605. The maximum atomic E-state index is 13.2. The average molecular weight is 271 g/mol. The van der Waals surface area contributed by atoms with Gasteiger partial charge in [0.25, 0.3) is 0 Å². The number of hydrogen-bond donors (Lipinski definition) is 1. The van der Waals surface area contributed by atoms with Crippen molar-refractivity contribution in [2.24, 2.45) is 0 Å². The molecule has 0 radical (unpaired) electrons. The fourth-order valence-electron chi connectivity index (χ4n) is 2.38. The number of benzene rings is 1. The van der Waals surface area contributed by atoms with Crippen LogP contribution in [0.25, 0.3) is 0 Å². The monoisotopic (exact) mass is 271 g/mol. The summed E-state index contributed by atoms with van der Waals surface area (Å²) in [6.07, 6.45) is 1.68. The summed E-state index contributed by atoms with van der Waals surface area (Å²) in [6, 6.07) is 8.33. The maximum absolute atomic E-state index is 13.2. The maximum Gasteiger partial charge on any atom is 0.213 e. The lowest BCUT2D eigenvalue weighted by molar-refractivity contribution is 0.392. The van der Waals surface area contributed by atoms with E-state index in [0.29, 0.717) is 30.4 Å². The number of amidine groups is 1. The first kappa shape index (κ1) is 12.6. The first-order valence-corrected chi connectivity index (χ1v) is 6.28. The summed E-state index contributed by atoms with van der Waals surface area (Å²) in [6.45, 7) is 1.20. The van der Waals surface area contributed by atoms with E-state index in [0.717, 1.165) is 11.1 Å². The standard InChI is InChI=1S/C15H14FN3O/c1-20-14-6-10(4-5-18-14)8-19-9-11-2-3-12(16)7-13(11)15(19)17/h2-7,17H,8-9H2,1H3. The molecule has 0 spiro atoms. The summed E-state index contributed by atoms with van der Waals surface area (Å²) >= 11 is 0. The number of aromatic nitrogens is 1. The first-order chi connectivity index (χ1) is 9.67. The number of pyridine rings is 1. The molecule has 5 heteroatoms. The van der Waals surface area contributed by atoms with E-state index < -0.39 is 0 Å². The van der Waals surface area contributed by atoms with Crippen molar-refractivity contribution in [2.45, 2.75) is 13.1 Å². The molecule has 2 aromatic rings. The topological polar surface area (TPSA) is 49.2 Å². The van der Waals surface area contributed by atoms with E-state index in [1.807, 2.05) is 17.0 Å². The van der Waals surface area contributed by atoms with Gasteiger partial charge < -0.3 is 9.64 Å². The fraction of sp³-hybridized carbons (Fsp3) is 0.200. The number of halogens is 1. The van der Waals surface area contributed by atoms with Crippen LogP contribution in [-0.4, -0.2) is 22.8 Å². The third kappa shape index (κ3) is 2.22. The Morgan fingerprint density at radius 1 is 1.35 bits per heavy atom. The molecule has 0 amide bonds. The zero-order valence-electron chi connectivity index (χ0n) is 11.1. The van der Waals surface area contributed by atoms with Crippen LogP contribution in [0.15, 0.2) is 36.5 Å². The molecule has 1 N–H and O–H groups in total. The molecule has 0 bridgehead atoms. The summed E-state index contributed by atoms with van der Waals surface area (Å²) in [4.78, 5) is 5.96. The number of methoxy groups -OCH3 is 1. The lowest BCUT2D eigenvalue weighted by Gasteiger charge is -2.18. The minimum Gasteiger partial charge on any atom is -0.481 e. The molecule has 102 valence electrons. The molecule has 0 saturated carbocycles. The van der Waals surface area contributed by atoms with E-state index in [4.69, 9.17) is 10.1 Å². The summed E-state index contributed by atoms with van der Waals surface area (Å²) in [5, 5.41) is 8.14. The van der Waals surface area contributed by atoms with E-state index >= 15 is 0 Å². The van der Waals surface area contributed by atoms with E-state index in [9.17, 15) is 4.39 Å². The van der Waals surface area contributed by atoms with Crippen molar-refractivity contribution in [2.75, 3.05) is 7.11 Å². The predicted octanol–water partition coefficient (Wildman–Crippen LogP) is 2.57. The van der Waals surface area contributed by atoms with E-state index in [-0.39, 0.29) is 5.82 Å². The minimum atomic E-state index is -0.305. The van der Waals surface area contributed by atoms with Crippen LogP contribution in [-0.2, 0) is 13.1 Å². The lowest BCUT2D eigenvalue weighted by atomic mass is 10.1. The van der Waals surface area contributed by atoms with E-state index in [1.165, 1.54) is 12.1 Å². The predicted molar refractivity (Wildman–Crippen MR) is 73.3 cm³/mol. The number of hydrogen-bond acceptors (Lipinski definition) is 3. The Hall–Kier alpha value is -2.43. The zero-order valence-corrected chi connectivity index (χ0v) is 11.1. The zero-order chi connectivity index (χ0) is 14.1. The van der Waals surface area contributed by atoms with Crippen molar-refractivity contribution in [3.8, 4) is 5.88 Å². The van der Waals surface area contributed by atoms with Crippen molar-refractivity contribution in [3.05, 3.63) is 59.0 Å². The molecule has 1 aromatic heterocycles. The Kier molecular flexibility index (Phi) is 3.10. The highest BCUT2D eigenvalue weighted by Gasteiger charge is 2.24. The smallest absolute Gasteiger partial charge is 0.213 e. The second-order valence-electron chi connectivity index (χ2n) is 4.71. The molecule has 1 aliphatic heterocycles. The number of nitrogens with zero attached hydrogens (tertiary/aromatic N) is 2. The highest BCUT2D eigenvalue weighted by atomic mass is 19.1. The van der Waals surface area contributed by atoms with Gasteiger partial charge >= 0.3 is 0 Å². The van der Waals surface area contributed by atoms with Gasteiger partial charge in [-0.1, -0.05) is 6.07 Å². The molecule has 1 aromatic carbocycles. The van der Waals surface area contributed by atoms with Gasteiger partial charge in [-0.05, 0) is 29.3 Å². The minimum absolute atomic E-state index is 0.305. The highest BCUT2D eigenvalue weighted by molar-refractivity contribution is 6.00. The third-order valence-electron chi connectivity index (χ3n) is 3.39. The third-order valence-corrected chi connectivity index (χ3v) is 3.39. The van der Waals surface area contributed by atoms with E-state index in [1.54, 1.807) is 19.4 Å². The molecule has 2 heterocycles. The first-order valence-electron chi connectivity index (χ1n) is 6.28. The van der Waals surface area contributed by atoms with Crippen molar-refractivity contribution >= 4 is 5.84 Å². The molecule has 0 aliphatic carbocycles. The number of nitrogens with one attached hydrogen (secondary N) is 1. The Labute approximate surface area is 116 Å². The molecule has 0 unspecified atom stereocenters. The molecule has 0 atom stereocenters. The average Bonchev–Trinajstić information content (AvgIpc) is 2.76. The quantitative estimate of drug-likeness (QED) is 0.933. The van der Waals surface area contributed by atoms with Gasteiger partial charge in [-0.2, -0.15) is 0 Å². The Morgan fingerprint density at radius 3 is 3.00 bits per heavy atom. The second-order valence-corrected chi connectivity index (χ2v) is 4.71. The van der Waals surface area contributed by atoms with Gasteiger partial charge in [-0.15, -0.1) is 0 Å². The van der Waals surface area contributed by atoms with Crippen molar-refractivity contribution < 1.29 is 9.13 Å². The van der Waals surface area contributed by atoms with Gasteiger partial charge in [0, 0.05) is 30.9 Å². The van der Waals surface area contributed by atoms with Crippen LogP contribution in [0.3, 0.4) is 0 Å². The van der Waals surface area contributed by atoms with Gasteiger partial charge in [-0.3, -0.25) is 5.41 Å². The Bertz CT molecular complexity index is 672. The Morgan fingerprint density at radius 2 is 2.20 bits per heavy atom. The van der Waals surface area contributed by atoms with Gasteiger partial charge in [0.05, 0.1) is 7.11 Å². The largest absolute Gasteiger partial charge is 0.481 e. The molecule has 3 rings (SSSR count). The summed E-state index contributed by atoms with van der Waals surface area (Å²) in [5.41, 5.74) is 2.67. The van der Waals surface area contributed by atoms with Gasteiger partial charge in [0.1, 0.15) is 11.7 Å². The number of ether oxygens (including phenoxy) is 1. The van der Waals surface area contributed by atoms with E-state index in [2.05, 4.69) is 4.98 Å². The van der Waals surface area contributed by atoms with Gasteiger partial charge in [0.2, 0.25) is 5.88 Å². The molecular formula is C15H14FN3O. The highest BCUT2D eigenvalue weighted by Crippen LogP contribution is 2.25. The molecule has 0 fully saturated rings. The normalized spacial score (nSPS) is 13.5. The van der Waals surface area contributed by atoms with Crippen LogP contribution in [0, 0.1) is 11.2 Å². The molecule has 0 saturated heterocycles. The van der Waals surface area contributed by atoms with Crippen LogP contribution < -0.4 is 4.74 Å². The van der Waals surface area contributed by atoms with Crippen LogP contribution in [0.2, 0.25) is 0 Å². The molecule has 1 aliphatic rings. The van der Waals surface area contributed by atoms with Crippen LogP contribution in [0.4, 0.5) is 4.39 Å². The summed E-state index contributed by atoms with van der Waals surface area (Å²) in [7, 11) is 1.57. The second kappa shape index (κ2) is 4.92. The number of fused-ring (bicyclic) bond motifs is 1. The summed E-state index contributed by atoms with van der Waals surface area (Å²) < 4.78 is 18.3. The number of rotatable bonds is 3. The van der Waals surface area contributed by atoms with Crippen molar-refractivity contribution in [1.82, 2.24) is 9.88 Å². The van der Waals surface area contributed by atoms with Crippen LogP contribution in [0.1, 0.15) is 16.7 Å². The lowest BCUT2D eigenvalue weighted by Crippen LogP contribution is -2.23. The molecule has 4 nitrogen and oxygen atoms in total. The van der Waals surface area contributed by atoms with Crippen molar-refractivity contribution in [1.29, 1.82) is 5.41 Å². The van der Waals surface area contributed by atoms with Crippen LogP contribution >= 0.6 is 0 Å².